The molecule has 0 spiro atoms. The van der Waals surface area contributed by atoms with Gasteiger partial charge in [0.2, 0.25) is 17.7 Å². The van der Waals surface area contributed by atoms with E-state index in [0.29, 0.717) is 11.3 Å². The van der Waals surface area contributed by atoms with Crippen molar-refractivity contribution in [2.24, 2.45) is 5.92 Å². The average Bonchev–Trinajstić information content (AvgIpc) is 2.69. The number of ether oxygens (including phenoxy) is 1. The second-order valence-electron chi connectivity index (χ2n) is 9.16. The monoisotopic (exact) mass is 464 g/mol. The van der Waals surface area contributed by atoms with Crippen LogP contribution >= 0.6 is 0 Å². The van der Waals surface area contributed by atoms with E-state index in [1.54, 1.807) is 65.8 Å². The maximum Gasteiger partial charge on any atom is 0.407 e. The molecule has 1 rings (SSSR count). The molecule has 10 nitrogen and oxygen atoms in total. The first-order chi connectivity index (χ1) is 15.2. The van der Waals surface area contributed by atoms with Gasteiger partial charge in [0.05, 0.1) is 12.6 Å². The predicted molar refractivity (Wildman–Crippen MR) is 124 cm³/mol. The van der Waals surface area contributed by atoms with Crippen LogP contribution < -0.4 is 21.3 Å². The summed E-state index contributed by atoms with van der Waals surface area (Å²) in [7, 11) is 0. The summed E-state index contributed by atoms with van der Waals surface area (Å²) in [6, 6.07) is 4.86. The first kappa shape index (κ1) is 27.9. The number of benzene rings is 1. The van der Waals surface area contributed by atoms with Crippen molar-refractivity contribution in [2.45, 2.75) is 72.3 Å². The molecule has 33 heavy (non-hydrogen) atoms. The summed E-state index contributed by atoms with van der Waals surface area (Å²) in [6.45, 7) is 11.7. The van der Waals surface area contributed by atoms with Crippen LogP contribution in [0, 0.1) is 5.92 Å². The highest BCUT2D eigenvalue weighted by atomic mass is 16.6. The summed E-state index contributed by atoms with van der Waals surface area (Å²) in [5.41, 5.74) is 0.380. The molecule has 0 bridgehead atoms. The van der Waals surface area contributed by atoms with Crippen molar-refractivity contribution in [1.29, 1.82) is 0 Å². The van der Waals surface area contributed by atoms with E-state index in [1.165, 1.54) is 6.92 Å². The van der Waals surface area contributed by atoms with Crippen LogP contribution in [0.15, 0.2) is 24.3 Å². The molecular formula is C23H36N4O6. The molecule has 4 amide bonds. The van der Waals surface area contributed by atoms with Crippen LogP contribution in [0.5, 0.6) is 0 Å². The van der Waals surface area contributed by atoms with Gasteiger partial charge in [0.25, 0.3) is 0 Å². The number of amides is 4. The van der Waals surface area contributed by atoms with Crippen molar-refractivity contribution in [3.8, 4) is 0 Å². The zero-order valence-electron chi connectivity index (χ0n) is 20.3. The lowest BCUT2D eigenvalue weighted by Gasteiger charge is -2.23. The molecule has 0 aromatic heterocycles. The Morgan fingerprint density at radius 2 is 1.55 bits per heavy atom. The number of rotatable bonds is 9. The minimum absolute atomic E-state index is 0.0327. The predicted octanol–water partition coefficient (Wildman–Crippen LogP) is 1.85. The number of aliphatic hydroxyl groups is 1. The lowest BCUT2D eigenvalue weighted by molar-refractivity contribution is -0.131. The van der Waals surface area contributed by atoms with E-state index in [9.17, 15) is 24.3 Å². The molecule has 5 N–H and O–H groups in total. The lowest BCUT2D eigenvalue weighted by Crippen LogP contribution is -2.53. The number of nitrogens with one attached hydrogen (secondary N) is 4. The topological polar surface area (TPSA) is 146 Å². The highest BCUT2D eigenvalue weighted by Gasteiger charge is 2.26. The zero-order chi connectivity index (χ0) is 25.3. The fourth-order valence-electron chi connectivity index (χ4n) is 2.77. The number of carbonyl (C=O) groups excluding carboxylic acids is 4. The third-order valence-electron chi connectivity index (χ3n) is 4.46. The summed E-state index contributed by atoms with van der Waals surface area (Å²) >= 11 is 0. The summed E-state index contributed by atoms with van der Waals surface area (Å²) in [5, 5.41) is 20.6. The second kappa shape index (κ2) is 12.2. The van der Waals surface area contributed by atoms with Crippen LogP contribution in [0.1, 0.15) is 60.1 Å². The van der Waals surface area contributed by atoms with E-state index in [-0.39, 0.29) is 18.4 Å². The van der Waals surface area contributed by atoms with Crippen molar-refractivity contribution >= 4 is 29.5 Å². The number of alkyl carbamates (subject to hydrolysis) is 1. The first-order valence-corrected chi connectivity index (χ1v) is 10.8. The van der Waals surface area contributed by atoms with E-state index in [0.717, 1.165) is 0 Å². The number of aliphatic hydroxyl groups excluding tert-OH is 1. The number of carbonyl (C=O) groups is 4. The molecule has 0 aliphatic carbocycles. The lowest BCUT2D eigenvalue weighted by atomic mass is 10.0. The van der Waals surface area contributed by atoms with Gasteiger partial charge in [-0.1, -0.05) is 26.0 Å². The van der Waals surface area contributed by atoms with Crippen molar-refractivity contribution in [1.82, 2.24) is 16.0 Å². The Kier molecular flexibility index (Phi) is 10.3. The SMILES string of the molecule is CC(=O)N[C@H](C(=O)N[C@@H](C)C(=O)Nc1ccc([C@@H](O)CNC(=O)OC(C)(C)C)cc1)C(C)C. The Morgan fingerprint density at radius 1 is 0.970 bits per heavy atom. The molecule has 0 aliphatic rings. The van der Waals surface area contributed by atoms with Crippen LogP contribution in [-0.4, -0.2) is 53.2 Å². The Bertz CT molecular complexity index is 832. The molecule has 10 heteroatoms. The Balaban J connectivity index is 2.61. The van der Waals surface area contributed by atoms with E-state index in [1.807, 2.05) is 0 Å². The molecule has 1 aromatic carbocycles. The molecule has 0 heterocycles. The molecular weight excluding hydrogens is 428 g/mol. The van der Waals surface area contributed by atoms with Crippen LogP contribution in [0.2, 0.25) is 0 Å². The largest absolute Gasteiger partial charge is 0.444 e. The second-order valence-corrected chi connectivity index (χ2v) is 9.16. The summed E-state index contributed by atoms with van der Waals surface area (Å²) in [6.07, 6.45) is -1.58. The van der Waals surface area contributed by atoms with Gasteiger partial charge in [0.15, 0.2) is 0 Å². The number of anilines is 1. The van der Waals surface area contributed by atoms with E-state index >= 15 is 0 Å². The molecule has 0 unspecified atom stereocenters. The van der Waals surface area contributed by atoms with E-state index in [2.05, 4.69) is 21.3 Å². The van der Waals surface area contributed by atoms with Gasteiger partial charge in [-0.25, -0.2) is 4.79 Å². The zero-order valence-corrected chi connectivity index (χ0v) is 20.3. The summed E-state index contributed by atoms with van der Waals surface area (Å²) < 4.78 is 5.12. The van der Waals surface area contributed by atoms with Gasteiger partial charge < -0.3 is 31.1 Å². The van der Waals surface area contributed by atoms with Gasteiger partial charge in [0, 0.05) is 12.6 Å². The minimum Gasteiger partial charge on any atom is -0.444 e. The molecule has 0 saturated carbocycles. The highest BCUT2D eigenvalue weighted by Crippen LogP contribution is 2.16. The molecule has 0 saturated heterocycles. The first-order valence-electron chi connectivity index (χ1n) is 10.8. The molecule has 0 radical (unpaired) electrons. The third-order valence-corrected chi connectivity index (χ3v) is 4.46. The smallest absolute Gasteiger partial charge is 0.407 e. The van der Waals surface area contributed by atoms with Gasteiger partial charge in [-0.2, -0.15) is 0 Å². The van der Waals surface area contributed by atoms with E-state index in [4.69, 9.17) is 4.74 Å². The molecule has 3 atom stereocenters. The highest BCUT2D eigenvalue weighted by molar-refractivity contribution is 5.98. The fourth-order valence-corrected chi connectivity index (χ4v) is 2.77. The number of hydrogen-bond acceptors (Lipinski definition) is 6. The fraction of sp³-hybridized carbons (Fsp3) is 0.565. The van der Waals surface area contributed by atoms with Crippen LogP contribution in [-0.2, 0) is 19.1 Å². The average molecular weight is 465 g/mol. The van der Waals surface area contributed by atoms with Gasteiger partial charge in [-0.05, 0) is 51.3 Å². The molecule has 1 aromatic rings. The quantitative estimate of drug-likeness (QED) is 0.377. The standard InChI is InChI=1S/C23H36N4O6/c1-13(2)19(26-15(4)28)21(31)25-14(3)20(30)27-17-10-8-16(9-11-17)18(29)12-24-22(32)33-23(5,6)7/h8-11,13-14,18-19,29H,12H2,1-7H3,(H,24,32)(H,25,31)(H,26,28)(H,27,30)/t14-,18-,19-/m0/s1. The normalized spacial score (nSPS) is 14.0. The minimum atomic E-state index is -0.956. The molecule has 184 valence electrons. The van der Waals surface area contributed by atoms with E-state index < -0.39 is 41.7 Å². The van der Waals surface area contributed by atoms with Gasteiger partial charge in [0.1, 0.15) is 17.7 Å². The Morgan fingerprint density at radius 3 is 2.03 bits per heavy atom. The van der Waals surface area contributed by atoms with Crippen molar-refractivity contribution < 1.29 is 29.0 Å². The maximum absolute atomic E-state index is 12.4. The third kappa shape index (κ3) is 10.3. The summed E-state index contributed by atoms with van der Waals surface area (Å²) in [4.78, 5) is 47.9. The number of hydrogen-bond donors (Lipinski definition) is 5. The maximum atomic E-state index is 12.4. The van der Waals surface area contributed by atoms with Gasteiger partial charge in [-0.3, -0.25) is 14.4 Å². The van der Waals surface area contributed by atoms with Crippen molar-refractivity contribution in [2.75, 3.05) is 11.9 Å². The van der Waals surface area contributed by atoms with Gasteiger partial charge >= 0.3 is 6.09 Å². The van der Waals surface area contributed by atoms with Crippen molar-refractivity contribution in [3.05, 3.63) is 29.8 Å². The van der Waals surface area contributed by atoms with Gasteiger partial charge in [-0.15, -0.1) is 0 Å². The van der Waals surface area contributed by atoms with Crippen LogP contribution in [0.4, 0.5) is 10.5 Å². The van der Waals surface area contributed by atoms with Crippen molar-refractivity contribution in [3.63, 3.8) is 0 Å². The van der Waals surface area contributed by atoms with Crippen LogP contribution in [0.3, 0.4) is 0 Å². The Labute approximate surface area is 194 Å². The Hall–Kier alpha value is -3.14. The van der Waals surface area contributed by atoms with Crippen LogP contribution in [0.25, 0.3) is 0 Å². The molecule has 0 fully saturated rings. The molecule has 0 aliphatic heterocycles. The summed E-state index contributed by atoms with van der Waals surface area (Å²) in [5.74, 6) is -1.36.